The summed E-state index contributed by atoms with van der Waals surface area (Å²) in [6.45, 7) is 9.72. The number of likely N-dealkylation sites (N-methyl/N-ethyl adjacent to an activating group) is 1. The van der Waals surface area contributed by atoms with Crippen molar-refractivity contribution in [1.82, 2.24) is 14.8 Å². The number of aromatic nitrogens is 1. The SMILES string of the molecule is CCNc1ccnc(CN2CCN(C)C(C)C2)c1. The molecule has 0 spiro atoms. The Labute approximate surface area is 110 Å². The van der Waals surface area contributed by atoms with E-state index in [2.05, 4.69) is 47.1 Å². The van der Waals surface area contributed by atoms with Crippen molar-refractivity contribution < 1.29 is 0 Å². The summed E-state index contributed by atoms with van der Waals surface area (Å²) < 4.78 is 0. The number of rotatable bonds is 4. The van der Waals surface area contributed by atoms with Crippen molar-refractivity contribution in [1.29, 1.82) is 0 Å². The molecule has 0 radical (unpaired) electrons. The topological polar surface area (TPSA) is 31.4 Å². The molecule has 0 aliphatic carbocycles. The van der Waals surface area contributed by atoms with Gasteiger partial charge < -0.3 is 10.2 Å². The predicted octanol–water partition coefficient (Wildman–Crippen LogP) is 1.65. The summed E-state index contributed by atoms with van der Waals surface area (Å²) in [7, 11) is 2.20. The van der Waals surface area contributed by atoms with Crippen LogP contribution in [0.4, 0.5) is 5.69 Å². The van der Waals surface area contributed by atoms with E-state index in [4.69, 9.17) is 0 Å². The first-order valence-electron chi connectivity index (χ1n) is 6.80. The fourth-order valence-corrected chi connectivity index (χ4v) is 2.38. The van der Waals surface area contributed by atoms with Crippen LogP contribution in [0.2, 0.25) is 0 Å². The second-order valence-electron chi connectivity index (χ2n) is 5.13. The molecule has 1 aromatic rings. The van der Waals surface area contributed by atoms with Gasteiger partial charge in [0.15, 0.2) is 0 Å². The standard InChI is InChI=1S/C14H24N4/c1-4-15-13-5-6-16-14(9-13)11-18-8-7-17(3)12(2)10-18/h5-6,9,12H,4,7-8,10-11H2,1-3H3,(H,15,16). The van der Waals surface area contributed by atoms with Gasteiger partial charge in [-0.25, -0.2) is 0 Å². The van der Waals surface area contributed by atoms with E-state index >= 15 is 0 Å². The predicted molar refractivity (Wildman–Crippen MR) is 75.8 cm³/mol. The number of anilines is 1. The lowest BCUT2D eigenvalue weighted by Gasteiger charge is -2.37. The third-order valence-corrected chi connectivity index (χ3v) is 3.63. The zero-order chi connectivity index (χ0) is 13.0. The van der Waals surface area contributed by atoms with Gasteiger partial charge in [-0.2, -0.15) is 0 Å². The van der Waals surface area contributed by atoms with Gasteiger partial charge in [-0.3, -0.25) is 9.88 Å². The number of nitrogens with zero attached hydrogens (tertiary/aromatic N) is 3. The van der Waals surface area contributed by atoms with Crippen LogP contribution in [0.5, 0.6) is 0 Å². The molecule has 1 unspecified atom stereocenters. The molecule has 1 aliphatic heterocycles. The fraction of sp³-hybridized carbons (Fsp3) is 0.643. The van der Waals surface area contributed by atoms with Crippen LogP contribution >= 0.6 is 0 Å². The molecule has 2 rings (SSSR count). The molecule has 1 aromatic heterocycles. The van der Waals surface area contributed by atoms with Crippen molar-refractivity contribution in [3.05, 3.63) is 24.0 Å². The average Bonchev–Trinajstić information content (AvgIpc) is 2.35. The summed E-state index contributed by atoms with van der Waals surface area (Å²) >= 11 is 0. The van der Waals surface area contributed by atoms with Gasteiger partial charge in [0, 0.05) is 50.6 Å². The molecule has 1 saturated heterocycles. The molecular formula is C14H24N4. The summed E-state index contributed by atoms with van der Waals surface area (Å²) in [4.78, 5) is 9.37. The normalized spacial score (nSPS) is 22.1. The van der Waals surface area contributed by atoms with Crippen LogP contribution in [0.15, 0.2) is 18.3 Å². The zero-order valence-electron chi connectivity index (χ0n) is 11.7. The van der Waals surface area contributed by atoms with Crippen LogP contribution < -0.4 is 5.32 Å². The van der Waals surface area contributed by atoms with E-state index in [0.29, 0.717) is 6.04 Å². The summed E-state index contributed by atoms with van der Waals surface area (Å²) in [6, 6.07) is 4.82. The van der Waals surface area contributed by atoms with E-state index in [1.807, 2.05) is 12.3 Å². The van der Waals surface area contributed by atoms with E-state index in [0.717, 1.165) is 38.4 Å². The van der Waals surface area contributed by atoms with Gasteiger partial charge in [0.2, 0.25) is 0 Å². The van der Waals surface area contributed by atoms with Crippen LogP contribution in [0.1, 0.15) is 19.5 Å². The Bertz CT molecular complexity index is 380. The molecule has 0 amide bonds. The second kappa shape index (κ2) is 6.16. The Kier molecular flexibility index (Phi) is 4.55. The summed E-state index contributed by atoms with van der Waals surface area (Å²) in [6.07, 6.45) is 1.90. The smallest absolute Gasteiger partial charge is 0.0564 e. The van der Waals surface area contributed by atoms with Crippen molar-refractivity contribution in [3.8, 4) is 0 Å². The van der Waals surface area contributed by atoms with Gasteiger partial charge in [0.1, 0.15) is 0 Å². The number of piperazine rings is 1. The van der Waals surface area contributed by atoms with Gasteiger partial charge in [-0.1, -0.05) is 0 Å². The maximum atomic E-state index is 4.46. The Morgan fingerprint density at radius 3 is 3.00 bits per heavy atom. The zero-order valence-corrected chi connectivity index (χ0v) is 11.7. The monoisotopic (exact) mass is 248 g/mol. The van der Waals surface area contributed by atoms with E-state index in [1.54, 1.807) is 0 Å². The first-order valence-corrected chi connectivity index (χ1v) is 6.80. The van der Waals surface area contributed by atoms with Crippen molar-refractivity contribution in [2.45, 2.75) is 26.4 Å². The first-order chi connectivity index (χ1) is 8.69. The Morgan fingerprint density at radius 1 is 1.44 bits per heavy atom. The van der Waals surface area contributed by atoms with Crippen LogP contribution in [0, 0.1) is 0 Å². The molecular weight excluding hydrogens is 224 g/mol. The van der Waals surface area contributed by atoms with Crippen molar-refractivity contribution >= 4 is 5.69 Å². The van der Waals surface area contributed by atoms with Crippen molar-refractivity contribution in [2.75, 3.05) is 38.5 Å². The van der Waals surface area contributed by atoms with E-state index in [1.165, 1.54) is 5.69 Å². The largest absolute Gasteiger partial charge is 0.385 e. The highest BCUT2D eigenvalue weighted by atomic mass is 15.3. The minimum Gasteiger partial charge on any atom is -0.385 e. The lowest BCUT2D eigenvalue weighted by Crippen LogP contribution is -2.49. The van der Waals surface area contributed by atoms with Crippen LogP contribution in [0.3, 0.4) is 0 Å². The lowest BCUT2D eigenvalue weighted by molar-refractivity contribution is 0.0991. The molecule has 4 heteroatoms. The molecule has 1 atom stereocenters. The maximum absolute atomic E-state index is 4.46. The number of hydrogen-bond acceptors (Lipinski definition) is 4. The number of hydrogen-bond donors (Lipinski definition) is 1. The summed E-state index contributed by atoms with van der Waals surface area (Å²) in [5.74, 6) is 0. The molecule has 1 fully saturated rings. The molecule has 100 valence electrons. The quantitative estimate of drug-likeness (QED) is 0.878. The molecule has 0 bridgehead atoms. The van der Waals surface area contributed by atoms with Gasteiger partial charge in [-0.15, -0.1) is 0 Å². The highest BCUT2D eigenvalue weighted by Crippen LogP contribution is 2.13. The van der Waals surface area contributed by atoms with E-state index < -0.39 is 0 Å². The second-order valence-corrected chi connectivity index (χ2v) is 5.13. The van der Waals surface area contributed by atoms with Gasteiger partial charge in [-0.05, 0) is 33.0 Å². The van der Waals surface area contributed by atoms with Crippen LogP contribution in [-0.2, 0) is 6.54 Å². The van der Waals surface area contributed by atoms with Crippen LogP contribution in [0.25, 0.3) is 0 Å². The van der Waals surface area contributed by atoms with Crippen molar-refractivity contribution in [2.24, 2.45) is 0 Å². The molecule has 1 aliphatic rings. The summed E-state index contributed by atoms with van der Waals surface area (Å²) in [5, 5.41) is 3.33. The lowest BCUT2D eigenvalue weighted by atomic mass is 10.2. The molecule has 0 aromatic carbocycles. The first kappa shape index (κ1) is 13.3. The Balaban J connectivity index is 1.94. The minimum atomic E-state index is 0.635. The number of nitrogens with one attached hydrogen (secondary N) is 1. The van der Waals surface area contributed by atoms with Gasteiger partial charge in [0.05, 0.1) is 5.69 Å². The summed E-state index contributed by atoms with van der Waals surface area (Å²) in [5.41, 5.74) is 2.33. The molecule has 4 nitrogen and oxygen atoms in total. The maximum Gasteiger partial charge on any atom is 0.0564 e. The third-order valence-electron chi connectivity index (χ3n) is 3.63. The molecule has 2 heterocycles. The highest BCUT2D eigenvalue weighted by molar-refractivity contribution is 5.42. The molecule has 1 N–H and O–H groups in total. The van der Waals surface area contributed by atoms with E-state index in [-0.39, 0.29) is 0 Å². The van der Waals surface area contributed by atoms with Crippen molar-refractivity contribution in [3.63, 3.8) is 0 Å². The average molecular weight is 248 g/mol. The fourth-order valence-electron chi connectivity index (χ4n) is 2.38. The Morgan fingerprint density at radius 2 is 2.28 bits per heavy atom. The number of pyridine rings is 1. The van der Waals surface area contributed by atoms with Crippen LogP contribution in [-0.4, -0.2) is 54.1 Å². The molecule has 0 saturated carbocycles. The highest BCUT2D eigenvalue weighted by Gasteiger charge is 2.20. The van der Waals surface area contributed by atoms with E-state index in [9.17, 15) is 0 Å². The van der Waals surface area contributed by atoms with Gasteiger partial charge in [0.25, 0.3) is 0 Å². The molecule has 18 heavy (non-hydrogen) atoms. The third kappa shape index (κ3) is 3.43. The minimum absolute atomic E-state index is 0.635. The van der Waals surface area contributed by atoms with Gasteiger partial charge >= 0.3 is 0 Å². The Hall–Kier alpha value is -1.13.